The van der Waals surface area contributed by atoms with E-state index in [0.29, 0.717) is 25.9 Å². The summed E-state index contributed by atoms with van der Waals surface area (Å²) < 4.78 is 12.7. The fourth-order valence-corrected chi connectivity index (χ4v) is 1.64. The second kappa shape index (κ2) is 7.01. The minimum absolute atomic E-state index is 0.0177. The fourth-order valence-electron chi connectivity index (χ4n) is 1.64. The Morgan fingerprint density at radius 2 is 2.00 bits per heavy atom. The minimum atomic E-state index is -0.268. The molecule has 0 aliphatic rings. The Hall–Kier alpha value is -1.42. The first kappa shape index (κ1) is 13.6. The number of aliphatic hydroxyl groups is 1. The normalized spacial score (nSPS) is 10.3. The molecular weight excluding hydrogens is 221 g/mol. The molecule has 0 aliphatic heterocycles. The Morgan fingerprint density at radius 1 is 1.35 bits per heavy atom. The molecule has 0 aromatic heterocycles. The standard InChI is InChI=1S/C13H18FNO2/c1-2-15(9-10-16)13(17)8-5-11-3-6-12(14)7-4-11/h3-4,6-7,16H,2,5,8-10H2,1H3. The number of aliphatic hydroxyl groups excluding tert-OH is 1. The number of aryl methyl sites for hydroxylation is 1. The van der Waals surface area contributed by atoms with Gasteiger partial charge in [-0.2, -0.15) is 0 Å². The molecule has 1 N–H and O–H groups in total. The van der Waals surface area contributed by atoms with Crippen molar-refractivity contribution in [3.63, 3.8) is 0 Å². The number of amides is 1. The molecule has 3 nitrogen and oxygen atoms in total. The average Bonchev–Trinajstić information content (AvgIpc) is 2.35. The van der Waals surface area contributed by atoms with Crippen LogP contribution in [-0.2, 0) is 11.2 Å². The van der Waals surface area contributed by atoms with Gasteiger partial charge in [0.2, 0.25) is 5.91 Å². The maximum absolute atomic E-state index is 12.7. The van der Waals surface area contributed by atoms with Crippen molar-refractivity contribution in [3.05, 3.63) is 35.6 Å². The number of nitrogens with zero attached hydrogens (tertiary/aromatic N) is 1. The van der Waals surface area contributed by atoms with Crippen molar-refractivity contribution in [3.8, 4) is 0 Å². The summed E-state index contributed by atoms with van der Waals surface area (Å²) in [4.78, 5) is 13.4. The van der Waals surface area contributed by atoms with E-state index in [1.165, 1.54) is 12.1 Å². The van der Waals surface area contributed by atoms with E-state index in [1.807, 2.05) is 6.92 Å². The van der Waals surface area contributed by atoms with Crippen LogP contribution in [-0.4, -0.2) is 35.6 Å². The van der Waals surface area contributed by atoms with E-state index in [1.54, 1.807) is 17.0 Å². The number of hydrogen-bond acceptors (Lipinski definition) is 2. The van der Waals surface area contributed by atoms with Crippen LogP contribution in [0.2, 0.25) is 0 Å². The van der Waals surface area contributed by atoms with Gasteiger partial charge in [0.25, 0.3) is 0 Å². The van der Waals surface area contributed by atoms with Gasteiger partial charge in [-0.05, 0) is 31.0 Å². The molecule has 0 saturated heterocycles. The van der Waals surface area contributed by atoms with Gasteiger partial charge in [0.1, 0.15) is 5.82 Å². The largest absolute Gasteiger partial charge is 0.395 e. The summed E-state index contributed by atoms with van der Waals surface area (Å²) in [5.74, 6) is -0.249. The molecule has 17 heavy (non-hydrogen) atoms. The third-order valence-electron chi connectivity index (χ3n) is 2.65. The smallest absolute Gasteiger partial charge is 0.222 e. The monoisotopic (exact) mass is 239 g/mol. The number of benzene rings is 1. The second-order valence-corrected chi connectivity index (χ2v) is 3.82. The molecule has 0 radical (unpaired) electrons. The van der Waals surface area contributed by atoms with E-state index in [9.17, 15) is 9.18 Å². The summed E-state index contributed by atoms with van der Waals surface area (Å²) in [6, 6.07) is 6.16. The first-order valence-corrected chi connectivity index (χ1v) is 5.80. The van der Waals surface area contributed by atoms with Gasteiger partial charge in [-0.1, -0.05) is 12.1 Å². The van der Waals surface area contributed by atoms with Crippen molar-refractivity contribution >= 4 is 5.91 Å². The first-order chi connectivity index (χ1) is 8.17. The van der Waals surface area contributed by atoms with Crippen LogP contribution < -0.4 is 0 Å². The zero-order chi connectivity index (χ0) is 12.7. The zero-order valence-electron chi connectivity index (χ0n) is 10.0. The third-order valence-corrected chi connectivity index (χ3v) is 2.65. The number of rotatable bonds is 6. The number of hydrogen-bond donors (Lipinski definition) is 1. The Morgan fingerprint density at radius 3 is 2.53 bits per heavy atom. The molecule has 0 fully saturated rings. The number of carbonyl (C=O) groups is 1. The summed E-state index contributed by atoms with van der Waals surface area (Å²) in [5.41, 5.74) is 0.944. The van der Waals surface area contributed by atoms with Gasteiger partial charge in [0, 0.05) is 19.5 Å². The van der Waals surface area contributed by atoms with Crippen molar-refractivity contribution in [2.75, 3.05) is 19.7 Å². The molecule has 1 rings (SSSR count). The van der Waals surface area contributed by atoms with Crippen molar-refractivity contribution < 1.29 is 14.3 Å². The van der Waals surface area contributed by atoms with Crippen LogP contribution in [0.25, 0.3) is 0 Å². The van der Waals surface area contributed by atoms with Crippen LogP contribution in [0.5, 0.6) is 0 Å². The lowest BCUT2D eigenvalue weighted by atomic mass is 10.1. The third kappa shape index (κ3) is 4.53. The molecule has 0 heterocycles. The predicted octanol–water partition coefficient (Wildman–Crippen LogP) is 1.60. The summed E-state index contributed by atoms with van der Waals surface area (Å²) in [5, 5.41) is 8.80. The molecule has 0 bridgehead atoms. The summed E-state index contributed by atoms with van der Waals surface area (Å²) in [7, 11) is 0. The molecule has 94 valence electrons. The SMILES string of the molecule is CCN(CCO)C(=O)CCc1ccc(F)cc1. The van der Waals surface area contributed by atoms with Gasteiger partial charge in [-0.25, -0.2) is 4.39 Å². The van der Waals surface area contributed by atoms with Crippen molar-refractivity contribution in [1.82, 2.24) is 4.90 Å². The summed E-state index contributed by atoms with van der Waals surface area (Å²) in [6.45, 7) is 2.84. The van der Waals surface area contributed by atoms with Gasteiger partial charge < -0.3 is 10.0 Å². The van der Waals surface area contributed by atoms with E-state index in [-0.39, 0.29) is 18.3 Å². The average molecular weight is 239 g/mol. The van der Waals surface area contributed by atoms with Gasteiger partial charge in [-0.3, -0.25) is 4.79 Å². The highest BCUT2D eigenvalue weighted by Gasteiger charge is 2.10. The van der Waals surface area contributed by atoms with E-state index in [4.69, 9.17) is 5.11 Å². The second-order valence-electron chi connectivity index (χ2n) is 3.82. The molecule has 4 heteroatoms. The maximum atomic E-state index is 12.7. The lowest BCUT2D eigenvalue weighted by molar-refractivity contribution is -0.131. The van der Waals surface area contributed by atoms with Gasteiger partial charge in [0.05, 0.1) is 6.61 Å². The Labute approximate surface area is 101 Å². The fraction of sp³-hybridized carbons (Fsp3) is 0.462. The minimum Gasteiger partial charge on any atom is -0.395 e. The highest BCUT2D eigenvalue weighted by Crippen LogP contribution is 2.06. The zero-order valence-corrected chi connectivity index (χ0v) is 10.0. The van der Waals surface area contributed by atoms with Crippen LogP contribution >= 0.6 is 0 Å². The quantitative estimate of drug-likeness (QED) is 0.819. The molecule has 0 atom stereocenters. The van der Waals surface area contributed by atoms with E-state index < -0.39 is 0 Å². The number of carbonyl (C=O) groups excluding carboxylic acids is 1. The Bertz CT molecular complexity index is 351. The lowest BCUT2D eigenvalue weighted by Gasteiger charge is -2.19. The molecular formula is C13H18FNO2. The lowest BCUT2D eigenvalue weighted by Crippen LogP contribution is -2.33. The number of halogens is 1. The Balaban J connectivity index is 2.44. The Kier molecular flexibility index (Phi) is 5.63. The maximum Gasteiger partial charge on any atom is 0.222 e. The van der Waals surface area contributed by atoms with Crippen molar-refractivity contribution in [1.29, 1.82) is 0 Å². The van der Waals surface area contributed by atoms with Gasteiger partial charge in [0.15, 0.2) is 0 Å². The molecule has 0 unspecified atom stereocenters. The van der Waals surface area contributed by atoms with Crippen molar-refractivity contribution in [2.45, 2.75) is 19.8 Å². The molecule has 0 saturated carbocycles. The first-order valence-electron chi connectivity index (χ1n) is 5.80. The highest BCUT2D eigenvalue weighted by molar-refractivity contribution is 5.76. The van der Waals surface area contributed by atoms with Crippen LogP contribution in [0.3, 0.4) is 0 Å². The van der Waals surface area contributed by atoms with Gasteiger partial charge in [-0.15, -0.1) is 0 Å². The molecule has 1 aromatic rings. The van der Waals surface area contributed by atoms with Crippen molar-refractivity contribution in [2.24, 2.45) is 0 Å². The van der Waals surface area contributed by atoms with Crippen LogP contribution in [0, 0.1) is 5.82 Å². The summed E-state index contributed by atoms with van der Waals surface area (Å²) >= 11 is 0. The molecule has 1 aromatic carbocycles. The highest BCUT2D eigenvalue weighted by atomic mass is 19.1. The van der Waals surface area contributed by atoms with E-state index in [0.717, 1.165) is 5.56 Å². The van der Waals surface area contributed by atoms with E-state index in [2.05, 4.69) is 0 Å². The van der Waals surface area contributed by atoms with Gasteiger partial charge >= 0.3 is 0 Å². The van der Waals surface area contributed by atoms with Crippen LogP contribution in [0.15, 0.2) is 24.3 Å². The molecule has 0 aliphatic carbocycles. The molecule has 1 amide bonds. The molecule has 0 spiro atoms. The van der Waals surface area contributed by atoms with Crippen LogP contribution in [0.1, 0.15) is 18.9 Å². The van der Waals surface area contributed by atoms with E-state index >= 15 is 0 Å². The predicted molar refractivity (Wildman–Crippen MR) is 64.1 cm³/mol. The topological polar surface area (TPSA) is 40.5 Å². The summed E-state index contributed by atoms with van der Waals surface area (Å²) in [6.07, 6.45) is 0.987. The van der Waals surface area contributed by atoms with Crippen LogP contribution in [0.4, 0.5) is 4.39 Å². The number of likely N-dealkylation sites (N-methyl/N-ethyl adjacent to an activating group) is 1.